The smallest absolute Gasteiger partial charge is 0.123 e. The molecule has 14 heavy (non-hydrogen) atoms. The topological polar surface area (TPSA) is 9.23 Å². The van der Waals surface area contributed by atoms with Gasteiger partial charge in [0.2, 0.25) is 0 Å². The van der Waals surface area contributed by atoms with Crippen LogP contribution >= 0.6 is 11.6 Å². The van der Waals surface area contributed by atoms with Crippen LogP contribution in [0.2, 0.25) is 0 Å². The minimum Gasteiger partial charge on any atom is -0.383 e. The Hall–Kier alpha value is -0.600. The summed E-state index contributed by atoms with van der Waals surface area (Å²) < 4.78 is 17.7. The zero-order valence-electron chi connectivity index (χ0n) is 8.17. The molecule has 0 heterocycles. The van der Waals surface area contributed by atoms with Crippen LogP contribution < -0.4 is 0 Å². The largest absolute Gasteiger partial charge is 0.383 e. The zero-order valence-corrected chi connectivity index (χ0v) is 8.93. The lowest BCUT2D eigenvalue weighted by Crippen LogP contribution is -2.08. The third-order valence-corrected chi connectivity index (χ3v) is 2.33. The van der Waals surface area contributed by atoms with Crippen molar-refractivity contribution in [1.82, 2.24) is 0 Å². The first-order valence-corrected chi connectivity index (χ1v) is 5.03. The fourth-order valence-electron chi connectivity index (χ4n) is 1.28. The van der Waals surface area contributed by atoms with Crippen molar-refractivity contribution in [3.8, 4) is 0 Å². The summed E-state index contributed by atoms with van der Waals surface area (Å²) in [6.07, 6.45) is 1.59. The highest BCUT2D eigenvalue weighted by Crippen LogP contribution is 2.10. The number of benzene rings is 1. The molecule has 0 saturated carbocycles. The number of hydrogen-bond donors (Lipinski definition) is 0. The molecule has 78 valence electrons. The molecule has 1 aromatic carbocycles. The van der Waals surface area contributed by atoms with E-state index in [4.69, 9.17) is 16.3 Å². The van der Waals surface area contributed by atoms with Gasteiger partial charge >= 0.3 is 0 Å². The monoisotopic (exact) mass is 216 g/mol. The van der Waals surface area contributed by atoms with Gasteiger partial charge in [-0.25, -0.2) is 4.39 Å². The molecule has 0 radical (unpaired) electrons. The molecule has 0 amide bonds. The number of alkyl halides is 1. The average molecular weight is 217 g/mol. The molecule has 1 atom stereocenters. The number of hydrogen-bond acceptors (Lipinski definition) is 1. The van der Waals surface area contributed by atoms with Crippen molar-refractivity contribution in [2.75, 3.05) is 13.7 Å². The Balaban J connectivity index is 2.37. The molecule has 0 aliphatic carbocycles. The molecule has 0 aliphatic heterocycles. The SMILES string of the molecule is COCC(Cl)CCc1cccc(F)c1. The summed E-state index contributed by atoms with van der Waals surface area (Å²) in [5.41, 5.74) is 0.978. The van der Waals surface area contributed by atoms with Crippen LogP contribution in [0.4, 0.5) is 4.39 Å². The van der Waals surface area contributed by atoms with Gasteiger partial charge in [0, 0.05) is 7.11 Å². The average Bonchev–Trinajstić information content (AvgIpc) is 2.15. The van der Waals surface area contributed by atoms with Crippen molar-refractivity contribution in [3.63, 3.8) is 0 Å². The highest BCUT2D eigenvalue weighted by atomic mass is 35.5. The van der Waals surface area contributed by atoms with Crippen molar-refractivity contribution >= 4 is 11.6 Å². The molecule has 0 saturated heterocycles. The van der Waals surface area contributed by atoms with Gasteiger partial charge in [-0.15, -0.1) is 11.6 Å². The first-order chi connectivity index (χ1) is 6.72. The van der Waals surface area contributed by atoms with Gasteiger partial charge in [-0.2, -0.15) is 0 Å². The predicted molar refractivity (Wildman–Crippen MR) is 56.2 cm³/mol. The van der Waals surface area contributed by atoms with E-state index in [-0.39, 0.29) is 11.2 Å². The van der Waals surface area contributed by atoms with Crippen molar-refractivity contribution in [2.24, 2.45) is 0 Å². The summed E-state index contributed by atoms with van der Waals surface area (Å²) in [4.78, 5) is 0. The van der Waals surface area contributed by atoms with Crippen LogP contribution in [0, 0.1) is 5.82 Å². The lowest BCUT2D eigenvalue weighted by atomic mass is 10.1. The Morgan fingerprint density at radius 2 is 2.29 bits per heavy atom. The van der Waals surface area contributed by atoms with Crippen molar-refractivity contribution in [2.45, 2.75) is 18.2 Å². The van der Waals surface area contributed by atoms with E-state index in [9.17, 15) is 4.39 Å². The third kappa shape index (κ3) is 4.07. The first-order valence-electron chi connectivity index (χ1n) is 4.60. The van der Waals surface area contributed by atoms with Crippen LogP contribution in [0.3, 0.4) is 0 Å². The zero-order chi connectivity index (χ0) is 10.4. The molecule has 1 rings (SSSR count). The van der Waals surface area contributed by atoms with Crippen LogP contribution in [-0.2, 0) is 11.2 Å². The fraction of sp³-hybridized carbons (Fsp3) is 0.455. The predicted octanol–water partition coefficient (Wildman–Crippen LogP) is 3.01. The molecule has 0 spiro atoms. The first kappa shape index (κ1) is 11.5. The molecule has 0 aliphatic rings. The van der Waals surface area contributed by atoms with Crippen LogP contribution in [0.5, 0.6) is 0 Å². The van der Waals surface area contributed by atoms with Gasteiger partial charge in [0.1, 0.15) is 5.82 Å². The molecule has 0 fully saturated rings. The van der Waals surface area contributed by atoms with Gasteiger partial charge in [0.15, 0.2) is 0 Å². The molecule has 1 aromatic rings. The number of halogens is 2. The van der Waals surface area contributed by atoms with Crippen LogP contribution in [-0.4, -0.2) is 19.1 Å². The maximum absolute atomic E-state index is 12.8. The fourth-order valence-corrected chi connectivity index (χ4v) is 1.52. The third-order valence-electron chi connectivity index (χ3n) is 1.98. The Labute approximate surface area is 88.8 Å². The molecule has 0 N–H and O–H groups in total. The Bertz CT molecular complexity index is 278. The van der Waals surface area contributed by atoms with Gasteiger partial charge < -0.3 is 4.74 Å². The summed E-state index contributed by atoms with van der Waals surface area (Å²) in [5, 5.41) is 0.00303. The van der Waals surface area contributed by atoms with Gasteiger partial charge in [-0.3, -0.25) is 0 Å². The van der Waals surface area contributed by atoms with E-state index in [0.717, 1.165) is 18.4 Å². The van der Waals surface area contributed by atoms with E-state index in [1.165, 1.54) is 12.1 Å². The maximum atomic E-state index is 12.8. The minimum absolute atomic E-state index is 0.00303. The van der Waals surface area contributed by atoms with Gasteiger partial charge in [-0.1, -0.05) is 12.1 Å². The van der Waals surface area contributed by atoms with Gasteiger partial charge in [0.25, 0.3) is 0 Å². The normalized spacial score (nSPS) is 12.8. The highest BCUT2D eigenvalue weighted by Gasteiger charge is 2.04. The Morgan fingerprint density at radius 1 is 1.50 bits per heavy atom. The lowest BCUT2D eigenvalue weighted by molar-refractivity contribution is 0.195. The van der Waals surface area contributed by atoms with Crippen molar-refractivity contribution in [3.05, 3.63) is 35.6 Å². The number of methoxy groups -OCH3 is 1. The molecule has 1 nitrogen and oxygen atoms in total. The standard InChI is InChI=1S/C11H14ClFO/c1-14-8-10(12)6-5-9-3-2-4-11(13)7-9/h2-4,7,10H,5-6,8H2,1H3. The minimum atomic E-state index is -0.194. The quantitative estimate of drug-likeness (QED) is 0.688. The van der Waals surface area contributed by atoms with E-state index in [1.54, 1.807) is 13.2 Å². The Morgan fingerprint density at radius 3 is 2.93 bits per heavy atom. The molecule has 0 bridgehead atoms. The van der Waals surface area contributed by atoms with Crippen LogP contribution in [0.1, 0.15) is 12.0 Å². The second kappa shape index (κ2) is 5.99. The van der Waals surface area contributed by atoms with Crippen LogP contribution in [0.15, 0.2) is 24.3 Å². The molecular formula is C11H14ClFO. The van der Waals surface area contributed by atoms with Crippen molar-refractivity contribution in [1.29, 1.82) is 0 Å². The van der Waals surface area contributed by atoms with E-state index in [0.29, 0.717) is 6.61 Å². The summed E-state index contributed by atoms with van der Waals surface area (Å²) in [6, 6.07) is 6.59. The van der Waals surface area contributed by atoms with Crippen LogP contribution in [0.25, 0.3) is 0 Å². The molecule has 0 aromatic heterocycles. The van der Waals surface area contributed by atoms with E-state index >= 15 is 0 Å². The summed E-state index contributed by atoms with van der Waals surface area (Å²) in [5.74, 6) is -0.194. The Kier molecular flexibility index (Phi) is 4.91. The summed E-state index contributed by atoms with van der Waals surface area (Å²) in [6.45, 7) is 0.539. The van der Waals surface area contributed by atoms with Gasteiger partial charge in [-0.05, 0) is 30.5 Å². The number of ether oxygens (including phenoxy) is 1. The number of rotatable bonds is 5. The molecule has 1 unspecified atom stereocenters. The molecule has 3 heteroatoms. The lowest BCUT2D eigenvalue weighted by Gasteiger charge is -2.07. The summed E-state index contributed by atoms with van der Waals surface area (Å²) >= 11 is 5.95. The second-order valence-electron chi connectivity index (χ2n) is 3.22. The second-order valence-corrected chi connectivity index (χ2v) is 3.84. The van der Waals surface area contributed by atoms with E-state index in [2.05, 4.69) is 0 Å². The maximum Gasteiger partial charge on any atom is 0.123 e. The van der Waals surface area contributed by atoms with E-state index < -0.39 is 0 Å². The summed E-state index contributed by atoms with van der Waals surface area (Å²) in [7, 11) is 1.62. The number of aryl methyl sites for hydroxylation is 1. The highest BCUT2D eigenvalue weighted by molar-refractivity contribution is 6.20. The van der Waals surface area contributed by atoms with Crippen molar-refractivity contribution < 1.29 is 9.13 Å². The van der Waals surface area contributed by atoms with Gasteiger partial charge in [0.05, 0.1) is 12.0 Å². The van der Waals surface area contributed by atoms with E-state index in [1.807, 2.05) is 6.07 Å². The molecular weight excluding hydrogens is 203 g/mol.